The first-order valence-corrected chi connectivity index (χ1v) is 6.82. The summed E-state index contributed by atoms with van der Waals surface area (Å²) in [5.74, 6) is 0. The Balaban J connectivity index is 2.41. The topological polar surface area (TPSA) is 41.8 Å². The normalized spacial score (nSPS) is 11.2. The van der Waals surface area contributed by atoms with Crippen molar-refractivity contribution < 1.29 is 0 Å². The van der Waals surface area contributed by atoms with Crippen LogP contribution in [0.3, 0.4) is 0 Å². The van der Waals surface area contributed by atoms with Crippen LogP contribution in [-0.4, -0.2) is 33.4 Å². The molecule has 0 amide bonds. The number of hydrogen-bond acceptors (Lipinski definition) is 3. The first kappa shape index (κ1) is 12.9. The summed E-state index contributed by atoms with van der Waals surface area (Å²) in [6, 6.07) is 8.20. The van der Waals surface area contributed by atoms with Crippen LogP contribution < -0.4 is 4.90 Å². The van der Waals surface area contributed by atoms with Gasteiger partial charge >= 0.3 is 0 Å². The second-order valence-electron chi connectivity index (χ2n) is 5.06. The largest absolute Gasteiger partial charge is 0.376 e. The van der Waals surface area contributed by atoms with Gasteiger partial charge < -0.3 is 9.88 Å². The van der Waals surface area contributed by atoms with Gasteiger partial charge in [0, 0.05) is 21.1 Å². The number of hydrogen-bond donors (Lipinski definition) is 1. The number of imidazole rings is 1. The minimum absolute atomic E-state index is 0.686. The van der Waals surface area contributed by atoms with Crippen LogP contribution in [0.25, 0.3) is 16.9 Å². The lowest BCUT2D eigenvalue weighted by atomic mass is 10.2. The summed E-state index contributed by atoms with van der Waals surface area (Å²) in [5.41, 5.74) is 5.10. The van der Waals surface area contributed by atoms with Crippen molar-refractivity contribution in [1.82, 2.24) is 19.3 Å². The molecule has 0 saturated heterocycles. The second-order valence-corrected chi connectivity index (χ2v) is 5.44. The molecule has 0 fully saturated rings. The van der Waals surface area contributed by atoms with E-state index in [9.17, 15) is 0 Å². The maximum absolute atomic E-state index is 5.50. The van der Waals surface area contributed by atoms with Crippen molar-refractivity contribution in [1.29, 1.82) is 0 Å². The number of benzene rings is 1. The molecule has 0 unspecified atom stereocenters. The zero-order valence-corrected chi connectivity index (χ0v) is 12.8. The number of anilines is 1. The minimum atomic E-state index is 0.686. The highest BCUT2D eigenvalue weighted by Gasteiger charge is 2.16. The first-order chi connectivity index (χ1) is 9.50. The van der Waals surface area contributed by atoms with Gasteiger partial charge in [-0.15, -0.1) is 0 Å². The van der Waals surface area contributed by atoms with E-state index in [-0.39, 0.29) is 0 Å². The molecule has 0 spiro atoms. The number of aromatic amines is 1. The Bertz CT molecular complexity index is 837. The van der Waals surface area contributed by atoms with Gasteiger partial charge in [0.15, 0.2) is 10.4 Å². The number of rotatable bonds is 2. The van der Waals surface area contributed by atoms with Gasteiger partial charge in [0.1, 0.15) is 5.52 Å². The number of aryl methyl sites for hydroxylation is 2. The molecular formula is C14H17N5S. The van der Waals surface area contributed by atoms with Crippen LogP contribution in [0.1, 0.15) is 5.69 Å². The van der Waals surface area contributed by atoms with Crippen molar-refractivity contribution in [2.45, 2.75) is 6.92 Å². The maximum Gasteiger partial charge on any atom is 0.184 e. The lowest BCUT2D eigenvalue weighted by Crippen LogP contribution is -2.12. The molecule has 0 saturated carbocycles. The van der Waals surface area contributed by atoms with Gasteiger partial charge in [0.05, 0.1) is 17.1 Å². The van der Waals surface area contributed by atoms with E-state index in [0.717, 1.165) is 28.2 Å². The molecule has 0 aliphatic heterocycles. The zero-order chi connectivity index (χ0) is 14.4. The van der Waals surface area contributed by atoms with Crippen LogP contribution in [0.15, 0.2) is 24.3 Å². The van der Waals surface area contributed by atoms with Gasteiger partial charge in [-0.25, -0.2) is 4.68 Å². The molecule has 0 aliphatic rings. The molecular weight excluding hydrogens is 270 g/mol. The third-order valence-corrected chi connectivity index (χ3v) is 3.73. The van der Waals surface area contributed by atoms with E-state index in [0.29, 0.717) is 4.77 Å². The van der Waals surface area contributed by atoms with E-state index in [2.05, 4.69) is 27.1 Å². The van der Waals surface area contributed by atoms with Crippen molar-refractivity contribution >= 4 is 29.1 Å². The number of nitrogens with one attached hydrogen (secondary N) is 1. The van der Waals surface area contributed by atoms with Gasteiger partial charge in [0.25, 0.3) is 0 Å². The Morgan fingerprint density at radius 1 is 1.25 bits per heavy atom. The van der Waals surface area contributed by atoms with Crippen LogP contribution in [-0.2, 0) is 7.05 Å². The Morgan fingerprint density at radius 3 is 2.65 bits per heavy atom. The SMILES string of the molecule is Cc1nn(C)c2c1[nH]c(=S)n2-c1ccccc1N(C)C. The molecule has 2 heterocycles. The van der Waals surface area contributed by atoms with Crippen LogP contribution in [0.2, 0.25) is 0 Å². The van der Waals surface area contributed by atoms with E-state index >= 15 is 0 Å². The summed E-state index contributed by atoms with van der Waals surface area (Å²) in [6.07, 6.45) is 0. The molecule has 2 aromatic heterocycles. The van der Waals surface area contributed by atoms with Gasteiger partial charge in [-0.2, -0.15) is 5.10 Å². The molecule has 3 rings (SSSR count). The van der Waals surface area contributed by atoms with Crippen LogP contribution in [0.5, 0.6) is 0 Å². The Hall–Kier alpha value is -2.08. The van der Waals surface area contributed by atoms with E-state index in [1.54, 1.807) is 0 Å². The summed E-state index contributed by atoms with van der Waals surface area (Å²) in [5, 5.41) is 4.46. The smallest absolute Gasteiger partial charge is 0.184 e. The molecule has 0 bridgehead atoms. The molecule has 0 radical (unpaired) electrons. The molecule has 104 valence electrons. The van der Waals surface area contributed by atoms with Crippen molar-refractivity contribution in [2.75, 3.05) is 19.0 Å². The molecule has 20 heavy (non-hydrogen) atoms. The molecule has 3 aromatic rings. The van der Waals surface area contributed by atoms with E-state index in [4.69, 9.17) is 12.2 Å². The van der Waals surface area contributed by atoms with Crippen LogP contribution >= 0.6 is 12.2 Å². The number of aromatic nitrogens is 4. The highest BCUT2D eigenvalue weighted by Crippen LogP contribution is 2.27. The Labute approximate surface area is 122 Å². The number of para-hydroxylation sites is 2. The monoisotopic (exact) mass is 287 g/mol. The Morgan fingerprint density at radius 2 is 1.95 bits per heavy atom. The van der Waals surface area contributed by atoms with Gasteiger partial charge in [-0.3, -0.25) is 4.57 Å². The second kappa shape index (κ2) is 4.49. The summed E-state index contributed by atoms with van der Waals surface area (Å²) in [4.78, 5) is 5.34. The average Bonchev–Trinajstić information content (AvgIpc) is 2.88. The fourth-order valence-corrected chi connectivity index (χ4v) is 2.85. The number of H-pyrrole nitrogens is 1. The Kier molecular flexibility index (Phi) is 2.90. The number of fused-ring (bicyclic) bond motifs is 1. The maximum atomic E-state index is 5.50. The third kappa shape index (κ3) is 1.76. The number of nitrogens with zero attached hydrogens (tertiary/aromatic N) is 4. The summed E-state index contributed by atoms with van der Waals surface area (Å²) in [7, 11) is 5.99. The quantitative estimate of drug-likeness (QED) is 0.737. The van der Waals surface area contributed by atoms with Gasteiger partial charge in [0.2, 0.25) is 0 Å². The third-order valence-electron chi connectivity index (χ3n) is 3.44. The summed E-state index contributed by atoms with van der Waals surface area (Å²) in [6.45, 7) is 1.98. The van der Waals surface area contributed by atoms with Crippen LogP contribution in [0, 0.1) is 11.7 Å². The van der Waals surface area contributed by atoms with Gasteiger partial charge in [-0.05, 0) is 31.3 Å². The fraction of sp³-hybridized carbons (Fsp3) is 0.286. The molecule has 0 aliphatic carbocycles. The van der Waals surface area contributed by atoms with Crippen LogP contribution in [0.4, 0.5) is 5.69 Å². The molecule has 5 nitrogen and oxygen atoms in total. The summed E-state index contributed by atoms with van der Waals surface area (Å²) >= 11 is 5.50. The molecule has 1 aromatic carbocycles. The molecule has 6 heteroatoms. The predicted molar refractivity (Wildman–Crippen MR) is 84.3 cm³/mol. The van der Waals surface area contributed by atoms with Crippen molar-refractivity contribution in [2.24, 2.45) is 7.05 Å². The van der Waals surface area contributed by atoms with Crippen molar-refractivity contribution in [3.63, 3.8) is 0 Å². The lowest BCUT2D eigenvalue weighted by molar-refractivity contribution is 0.759. The standard InChI is InChI=1S/C14H17N5S/c1-9-12-13(18(4)16-9)19(14(20)15-12)11-8-6-5-7-10(11)17(2)3/h5-8H,1-4H3,(H,15,20). The van der Waals surface area contributed by atoms with E-state index < -0.39 is 0 Å². The predicted octanol–water partition coefficient (Wildman–Crippen LogP) is 2.80. The van der Waals surface area contributed by atoms with Crippen molar-refractivity contribution in [3.8, 4) is 5.69 Å². The average molecular weight is 287 g/mol. The minimum Gasteiger partial charge on any atom is -0.376 e. The van der Waals surface area contributed by atoms with Crippen molar-refractivity contribution in [3.05, 3.63) is 34.7 Å². The zero-order valence-electron chi connectivity index (χ0n) is 12.0. The van der Waals surface area contributed by atoms with E-state index in [1.165, 1.54) is 0 Å². The summed E-state index contributed by atoms with van der Waals surface area (Å²) < 4.78 is 4.59. The molecule has 1 N–H and O–H groups in total. The molecule has 0 atom stereocenters. The first-order valence-electron chi connectivity index (χ1n) is 6.41. The highest BCUT2D eigenvalue weighted by molar-refractivity contribution is 7.71. The van der Waals surface area contributed by atoms with Gasteiger partial charge in [-0.1, -0.05) is 12.1 Å². The van der Waals surface area contributed by atoms with E-state index in [1.807, 2.05) is 49.4 Å². The fourth-order valence-electron chi connectivity index (χ4n) is 2.56. The lowest BCUT2D eigenvalue weighted by Gasteiger charge is -2.18. The highest BCUT2D eigenvalue weighted by atomic mass is 32.1.